The number of para-hydroxylation sites is 1. The van der Waals surface area contributed by atoms with E-state index in [9.17, 15) is 10.1 Å². The first-order chi connectivity index (χ1) is 9.75. The van der Waals surface area contributed by atoms with Crippen molar-refractivity contribution in [2.45, 2.75) is 0 Å². The highest BCUT2D eigenvalue weighted by Gasteiger charge is 2.17. The fourth-order valence-electron chi connectivity index (χ4n) is 1.84. The van der Waals surface area contributed by atoms with Gasteiger partial charge in [-0.2, -0.15) is 0 Å². The molecular weight excluding hydrogens is 274 g/mol. The van der Waals surface area contributed by atoms with Crippen molar-refractivity contribution in [3.05, 3.63) is 64.2 Å². The number of nitro groups is 1. The molecule has 2 heterocycles. The first kappa shape index (κ1) is 12.4. The van der Waals surface area contributed by atoms with Crippen LogP contribution in [0.4, 0.5) is 5.69 Å². The molecule has 0 spiro atoms. The summed E-state index contributed by atoms with van der Waals surface area (Å²) in [7, 11) is 0. The predicted octanol–water partition coefficient (Wildman–Crippen LogP) is 3.78. The minimum Gasteiger partial charge on any atom is -0.258 e. The van der Waals surface area contributed by atoms with Crippen molar-refractivity contribution in [1.29, 1.82) is 0 Å². The summed E-state index contributed by atoms with van der Waals surface area (Å²) < 4.78 is 0. The number of nitro benzene ring substituents is 1. The maximum atomic E-state index is 11.0. The van der Waals surface area contributed by atoms with E-state index in [4.69, 9.17) is 0 Å². The average Bonchev–Trinajstić information content (AvgIpc) is 2.98. The fourth-order valence-corrected chi connectivity index (χ4v) is 2.69. The van der Waals surface area contributed by atoms with Gasteiger partial charge in [-0.1, -0.05) is 18.2 Å². The number of pyridine rings is 1. The van der Waals surface area contributed by atoms with Gasteiger partial charge >= 0.3 is 0 Å². The first-order valence-electron chi connectivity index (χ1n) is 5.86. The number of thiazole rings is 1. The van der Waals surface area contributed by atoms with E-state index in [1.807, 2.05) is 23.6 Å². The van der Waals surface area contributed by atoms with E-state index in [1.54, 1.807) is 24.4 Å². The molecule has 20 heavy (non-hydrogen) atoms. The maximum Gasteiger partial charge on any atom is 0.279 e. The zero-order valence-corrected chi connectivity index (χ0v) is 11.1. The van der Waals surface area contributed by atoms with Crippen LogP contribution in [-0.4, -0.2) is 14.9 Å². The van der Waals surface area contributed by atoms with Gasteiger partial charge in [-0.25, -0.2) is 4.98 Å². The third-order valence-electron chi connectivity index (χ3n) is 2.76. The van der Waals surface area contributed by atoms with Crippen molar-refractivity contribution in [3.63, 3.8) is 0 Å². The molecule has 0 atom stereocenters. The normalized spacial score (nSPS) is 10.4. The van der Waals surface area contributed by atoms with E-state index in [0.29, 0.717) is 10.6 Å². The molecule has 3 aromatic rings. The highest BCUT2D eigenvalue weighted by Crippen LogP contribution is 2.33. The fraction of sp³-hybridized carbons (Fsp3) is 0. The van der Waals surface area contributed by atoms with Gasteiger partial charge in [-0.05, 0) is 18.2 Å². The topological polar surface area (TPSA) is 68.9 Å². The Hall–Kier alpha value is -2.60. The molecule has 0 bridgehead atoms. The smallest absolute Gasteiger partial charge is 0.258 e. The Labute approximate surface area is 118 Å². The van der Waals surface area contributed by atoms with Crippen LogP contribution in [0.25, 0.3) is 22.0 Å². The minimum absolute atomic E-state index is 0.0643. The van der Waals surface area contributed by atoms with Crippen LogP contribution in [0.5, 0.6) is 0 Å². The van der Waals surface area contributed by atoms with Crippen LogP contribution in [0, 0.1) is 10.1 Å². The van der Waals surface area contributed by atoms with Gasteiger partial charge in [0.15, 0.2) is 0 Å². The van der Waals surface area contributed by atoms with Gasteiger partial charge in [0.05, 0.1) is 16.2 Å². The lowest BCUT2D eigenvalue weighted by atomic mass is 10.2. The monoisotopic (exact) mass is 283 g/mol. The third-order valence-corrected chi connectivity index (χ3v) is 3.64. The van der Waals surface area contributed by atoms with Crippen LogP contribution in [0.3, 0.4) is 0 Å². The lowest BCUT2D eigenvalue weighted by Crippen LogP contribution is -1.91. The lowest BCUT2D eigenvalue weighted by Gasteiger charge is -1.98. The summed E-state index contributed by atoms with van der Waals surface area (Å²) >= 11 is 1.37. The largest absolute Gasteiger partial charge is 0.279 e. The summed E-state index contributed by atoms with van der Waals surface area (Å²) in [5.41, 5.74) is 2.08. The molecule has 0 aliphatic heterocycles. The van der Waals surface area contributed by atoms with Crippen LogP contribution < -0.4 is 0 Å². The first-order valence-corrected chi connectivity index (χ1v) is 6.74. The molecule has 5 nitrogen and oxygen atoms in total. The van der Waals surface area contributed by atoms with E-state index in [2.05, 4.69) is 9.97 Å². The lowest BCUT2D eigenvalue weighted by molar-refractivity contribution is -0.384. The number of nitrogens with zero attached hydrogens (tertiary/aromatic N) is 3. The second-order valence-electron chi connectivity index (χ2n) is 4.03. The van der Waals surface area contributed by atoms with Gasteiger partial charge in [-0.15, -0.1) is 11.3 Å². The Morgan fingerprint density at radius 1 is 1.05 bits per heavy atom. The summed E-state index contributed by atoms with van der Waals surface area (Å²) in [5, 5.41) is 13.5. The summed E-state index contributed by atoms with van der Waals surface area (Å²) in [6.07, 6.45) is 1.69. The summed E-state index contributed by atoms with van der Waals surface area (Å²) in [4.78, 5) is 19.3. The van der Waals surface area contributed by atoms with Crippen molar-refractivity contribution >= 4 is 17.0 Å². The molecule has 1 aromatic carbocycles. The van der Waals surface area contributed by atoms with Crippen molar-refractivity contribution in [3.8, 4) is 22.0 Å². The molecule has 0 N–H and O–H groups in total. The highest BCUT2D eigenvalue weighted by atomic mass is 32.1. The number of hydrogen-bond acceptors (Lipinski definition) is 5. The number of aromatic nitrogens is 2. The molecule has 0 radical (unpaired) electrons. The Morgan fingerprint density at radius 2 is 1.85 bits per heavy atom. The van der Waals surface area contributed by atoms with Gasteiger partial charge in [-0.3, -0.25) is 15.1 Å². The quantitative estimate of drug-likeness (QED) is 0.542. The molecular formula is C14H9N3O2S. The van der Waals surface area contributed by atoms with Crippen LogP contribution in [0.2, 0.25) is 0 Å². The van der Waals surface area contributed by atoms with Gasteiger partial charge in [0, 0.05) is 17.6 Å². The summed E-state index contributed by atoms with van der Waals surface area (Å²) in [6, 6.07) is 12.2. The number of benzene rings is 1. The van der Waals surface area contributed by atoms with Crippen molar-refractivity contribution < 1.29 is 4.92 Å². The Bertz CT molecular complexity index is 756. The van der Waals surface area contributed by atoms with E-state index in [1.165, 1.54) is 17.4 Å². The van der Waals surface area contributed by atoms with E-state index in [0.717, 1.165) is 11.4 Å². The standard InChI is InChI=1S/C14H9N3O2S/c18-17(19)13-7-2-1-5-10(13)14-16-12(9-20-14)11-6-3-4-8-15-11/h1-9H. The SMILES string of the molecule is O=[N+]([O-])c1ccccc1-c1nc(-c2ccccn2)cs1. The third kappa shape index (κ3) is 2.28. The van der Waals surface area contributed by atoms with Gasteiger partial charge in [0.25, 0.3) is 5.69 Å². The van der Waals surface area contributed by atoms with Crippen LogP contribution in [-0.2, 0) is 0 Å². The average molecular weight is 283 g/mol. The highest BCUT2D eigenvalue weighted by molar-refractivity contribution is 7.13. The Balaban J connectivity index is 2.05. The van der Waals surface area contributed by atoms with Crippen molar-refractivity contribution in [1.82, 2.24) is 9.97 Å². The molecule has 2 aromatic heterocycles. The molecule has 98 valence electrons. The van der Waals surface area contributed by atoms with Crippen LogP contribution in [0.1, 0.15) is 0 Å². The predicted molar refractivity (Wildman–Crippen MR) is 77.4 cm³/mol. The molecule has 0 saturated heterocycles. The Morgan fingerprint density at radius 3 is 2.60 bits per heavy atom. The zero-order chi connectivity index (χ0) is 13.9. The second kappa shape index (κ2) is 5.18. The molecule has 0 aliphatic rings. The molecule has 3 rings (SSSR count). The molecule has 6 heteroatoms. The molecule has 0 amide bonds. The van der Waals surface area contributed by atoms with Gasteiger partial charge < -0.3 is 0 Å². The molecule has 0 aliphatic carbocycles. The van der Waals surface area contributed by atoms with Crippen LogP contribution in [0.15, 0.2) is 54.0 Å². The summed E-state index contributed by atoms with van der Waals surface area (Å²) in [5.74, 6) is 0. The number of rotatable bonds is 3. The van der Waals surface area contributed by atoms with E-state index < -0.39 is 4.92 Å². The molecule has 0 unspecified atom stereocenters. The Kier molecular flexibility index (Phi) is 3.22. The van der Waals surface area contributed by atoms with Gasteiger partial charge in [0.2, 0.25) is 0 Å². The van der Waals surface area contributed by atoms with Gasteiger partial charge in [0.1, 0.15) is 10.7 Å². The second-order valence-corrected chi connectivity index (χ2v) is 4.89. The van der Waals surface area contributed by atoms with E-state index >= 15 is 0 Å². The van der Waals surface area contributed by atoms with E-state index in [-0.39, 0.29) is 5.69 Å². The summed E-state index contributed by atoms with van der Waals surface area (Å²) in [6.45, 7) is 0. The molecule has 0 saturated carbocycles. The number of hydrogen-bond donors (Lipinski definition) is 0. The zero-order valence-electron chi connectivity index (χ0n) is 10.3. The van der Waals surface area contributed by atoms with Crippen LogP contribution >= 0.6 is 11.3 Å². The molecule has 0 fully saturated rings. The maximum absolute atomic E-state index is 11.0. The van der Waals surface area contributed by atoms with Crippen molar-refractivity contribution in [2.24, 2.45) is 0 Å². The minimum atomic E-state index is -0.392. The van der Waals surface area contributed by atoms with Crippen molar-refractivity contribution in [2.75, 3.05) is 0 Å².